The van der Waals surface area contributed by atoms with Crippen molar-refractivity contribution in [2.45, 2.75) is 18.9 Å². The number of nitrogens with zero attached hydrogens (tertiary/aromatic N) is 2. The van der Waals surface area contributed by atoms with Crippen molar-refractivity contribution in [3.63, 3.8) is 0 Å². The topological polar surface area (TPSA) is 53.3 Å². The van der Waals surface area contributed by atoms with Gasteiger partial charge in [0.15, 0.2) is 0 Å². The van der Waals surface area contributed by atoms with Crippen LogP contribution >= 0.6 is 11.8 Å². The average Bonchev–Trinajstić information content (AvgIpc) is 3.00. The van der Waals surface area contributed by atoms with Gasteiger partial charge in [0, 0.05) is 7.05 Å². The summed E-state index contributed by atoms with van der Waals surface area (Å²) in [5.74, 6) is -0.625. The second-order valence-electron chi connectivity index (χ2n) is 6.31. The van der Waals surface area contributed by atoms with Gasteiger partial charge < -0.3 is 9.64 Å². The Hall–Kier alpha value is -2.71. The maximum atomic E-state index is 12.6. The summed E-state index contributed by atoms with van der Waals surface area (Å²) in [6.07, 6.45) is 1.92. The van der Waals surface area contributed by atoms with Crippen LogP contribution < -0.4 is 0 Å². The third-order valence-electron chi connectivity index (χ3n) is 4.81. The number of esters is 1. The van der Waals surface area contributed by atoms with Crippen molar-refractivity contribution in [3.05, 3.63) is 70.8 Å². The van der Waals surface area contributed by atoms with E-state index in [1.165, 1.54) is 11.8 Å². The van der Waals surface area contributed by atoms with E-state index >= 15 is 0 Å². The summed E-state index contributed by atoms with van der Waals surface area (Å²) in [7, 11) is 1.85. The highest BCUT2D eigenvalue weighted by Crippen LogP contribution is 2.44. The number of hydrogen-bond acceptors (Lipinski definition) is 5. The van der Waals surface area contributed by atoms with Crippen LogP contribution in [0.2, 0.25) is 0 Å². The number of carbonyl (C=O) groups is 1. The first kappa shape index (κ1) is 19.1. The van der Waals surface area contributed by atoms with Gasteiger partial charge in [0.2, 0.25) is 0 Å². The molecule has 2 atom stereocenters. The second-order valence-corrected chi connectivity index (χ2v) is 7.10. The Bertz CT molecular complexity index is 885. The minimum atomic E-state index is -0.523. The third-order valence-corrected chi connectivity index (χ3v) is 5.71. The summed E-state index contributed by atoms with van der Waals surface area (Å²) in [5, 5.41) is 10.6. The Kier molecular flexibility index (Phi) is 5.88. The molecular formula is C22H22N2O2S. The standard InChI is InChI=1S/C22H22N2O2S/c1-4-26-22(25)20-19(18(14-23)21(27-3)24(20)2)17-12-10-16(11-13-17)15-8-6-5-7-9-15/h5-13,19-20H,4H2,1-3H3. The molecule has 0 amide bonds. The number of carbonyl (C=O) groups excluding carboxylic acids is 1. The quantitative estimate of drug-likeness (QED) is 0.721. The van der Waals surface area contributed by atoms with Crippen molar-refractivity contribution in [3.8, 4) is 17.2 Å². The van der Waals surface area contributed by atoms with Crippen LogP contribution in [0, 0.1) is 11.3 Å². The molecule has 0 bridgehead atoms. The van der Waals surface area contributed by atoms with Crippen LogP contribution in [-0.4, -0.2) is 36.8 Å². The van der Waals surface area contributed by atoms with Gasteiger partial charge in [-0.1, -0.05) is 54.6 Å². The van der Waals surface area contributed by atoms with Crippen LogP contribution in [-0.2, 0) is 9.53 Å². The van der Waals surface area contributed by atoms with E-state index in [9.17, 15) is 10.1 Å². The van der Waals surface area contributed by atoms with Crippen LogP contribution in [0.5, 0.6) is 0 Å². The van der Waals surface area contributed by atoms with Gasteiger partial charge >= 0.3 is 5.97 Å². The van der Waals surface area contributed by atoms with E-state index in [-0.39, 0.29) is 11.9 Å². The molecule has 2 aromatic rings. The van der Waals surface area contributed by atoms with Crippen molar-refractivity contribution in [1.29, 1.82) is 5.26 Å². The summed E-state index contributed by atoms with van der Waals surface area (Å²) in [4.78, 5) is 14.5. The molecule has 0 spiro atoms. The molecule has 4 nitrogen and oxygen atoms in total. The van der Waals surface area contributed by atoms with Crippen molar-refractivity contribution in [2.75, 3.05) is 19.9 Å². The highest BCUT2D eigenvalue weighted by Gasteiger charge is 2.44. The molecule has 1 aliphatic rings. The van der Waals surface area contributed by atoms with E-state index < -0.39 is 6.04 Å². The molecule has 27 heavy (non-hydrogen) atoms. The minimum Gasteiger partial charge on any atom is -0.464 e. The predicted octanol–water partition coefficient (Wildman–Crippen LogP) is 4.41. The van der Waals surface area contributed by atoms with E-state index in [4.69, 9.17) is 4.74 Å². The van der Waals surface area contributed by atoms with Crippen LogP contribution in [0.4, 0.5) is 0 Å². The van der Waals surface area contributed by atoms with Crippen LogP contribution in [0.3, 0.4) is 0 Å². The third kappa shape index (κ3) is 3.58. The van der Waals surface area contributed by atoms with Crippen molar-refractivity contribution < 1.29 is 9.53 Å². The largest absolute Gasteiger partial charge is 0.464 e. The maximum absolute atomic E-state index is 12.6. The lowest BCUT2D eigenvalue weighted by Gasteiger charge is -2.26. The fraction of sp³-hybridized carbons (Fsp3) is 0.273. The predicted molar refractivity (Wildman–Crippen MR) is 109 cm³/mol. The van der Waals surface area contributed by atoms with E-state index in [0.717, 1.165) is 21.7 Å². The molecule has 0 saturated carbocycles. The first-order valence-corrected chi connectivity index (χ1v) is 10.1. The molecule has 0 radical (unpaired) electrons. The molecule has 1 heterocycles. The van der Waals surface area contributed by atoms with Crippen molar-refractivity contribution >= 4 is 17.7 Å². The molecule has 0 fully saturated rings. The fourth-order valence-corrected chi connectivity index (χ4v) is 4.38. The van der Waals surface area contributed by atoms with E-state index in [1.807, 2.05) is 60.7 Å². The maximum Gasteiger partial charge on any atom is 0.329 e. The van der Waals surface area contributed by atoms with Gasteiger partial charge in [-0.2, -0.15) is 5.26 Å². The fourth-order valence-electron chi connectivity index (χ4n) is 3.59. The summed E-state index contributed by atoms with van der Waals surface area (Å²) in [6.45, 7) is 2.12. The van der Waals surface area contributed by atoms with Gasteiger partial charge in [0.05, 0.1) is 29.2 Å². The molecular weight excluding hydrogens is 356 g/mol. The Balaban J connectivity index is 2.01. The lowest BCUT2D eigenvalue weighted by atomic mass is 9.87. The Morgan fingerprint density at radius 2 is 1.78 bits per heavy atom. The minimum absolute atomic E-state index is 0.297. The highest BCUT2D eigenvalue weighted by molar-refractivity contribution is 8.02. The first-order valence-electron chi connectivity index (χ1n) is 8.85. The van der Waals surface area contributed by atoms with Crippen LogP contribution in [0.1, 0.15) is 18.4 Å². The van der Waals surface area contributed by atoms with Crippen molar-refractivity contribution in [2.24, 2.45) is 0 Å². The smallest absolute Gasteiger partial charge is 0.329 e. The number of nitriles is 1. The van der Waals surface area contributed by atoms with Gasteiger partial charge in [-0.05, 0) is 29.9 Å². The zero-order valence-corrected chi connectivity index (χ0v) is 16.5. The van der Waals surface area contributed by atoms with Gasteiger partial charge in [0.1, 0.15) is 6.04 Å². The number of thioether (sulfide) groups is 1. The zero-order chi connectivity index (χ0) is 19.4. The van der Waals surface area contributed by atoms with E-state index in [1.54, 1.807) is 6.92 Å². The molecule has 1 aliphatic heterocycles. The van der Waals surface area contributed by atoms with E-state index in [0.29, 0.717) is 12.2 Å². The molecule has 2 aromatic carbocycles. The number of ether oxygens (including phenoxy) is 1. The number of hydrogen-bond donors (Lipinski definition) is 0. The van der Waals surface area contributed by atoms with Gasteiger partial charge in [-0.25, -0.2) is 4.79 Å². The summed E-state index contributed by atoms with van der Waals surface area (Å²) in [6, 6.07) is 20.0. The van der Waals surface area contributed by atoms with Crippen LogP contribution in [0.15, 0.2) is 65.2 Å². The number of rotatable bonds is 5. The molecule has 2 unspecified atom stereocenters. The van der Waals surface area contributed by atoms with Crippen molar-refractivity contribution in [1.82, 2.24) is 4.90 Å². The number of likely N-dealkylation sites (N-methyl/N-ethyl adjacent to an activating group) is 1. The summed E-state index contributed by atoms with van der Waals surface area (Å²) in [5.41, 5.74) is 3.80. The molecule has 0 N–H and O–H groups in total. The summed E-state index contributed by atoms with van der Waals surface area (Å²) >= 11 is 1.49. The van der Waals surface area contributed by atoms with Crippen LogP contribution in [0.25, 0.3) is 11.1 Å². The van der Waals surface area contributed by atoms with E-state index in [2.05, 4.69) is 18.2 Å². The zero-order valence-electron chi connectivity index (χ0n) is 15.7. The second kappa shape index (κ2) is 8.32. The average molecular weight is 378 g/mol. The molecule has 0 aliphatic carbocycles. The van der Waals surface area contributed by atoms with Gasteiger partial charge in [0.25, 0.3) is 0 Å². The SMILES string of the molecule is CCOC(=O)C1C(c2ccc(-c3ccccc3)cc2)C(C#N)=C(SC)N1C. The Morgan fingerprint density at radius 1 is 1.15 bits per heavy atom. The Morgan fingerprint density at radius 3 is 2.33 bits per heavy atom. The summed E-state index contributed by atoms with van der Waals surface area (Å²) < 4.78 is 5.30. The van der Waals surface area contributed by atoms with Gasteiger partial charge in [-0.15, -0.1) is 11.8 Å². The first-order chi connectivity index (χ1) is 13.1. The lowest BCUT2D eigenvalue weighted by molar-refractivity contribution is -0.148. The number of benzene rings is 2. The Labute approximate surface area is 164 Å². The molecule has 0 saturated heterocycles. The highest BCUT2D eigenvalue weighted by atomic mass is 32.2. The molecule has 3 rings (SSSR count). The normalized spacial score (nSPS) is 19.1. The van der Waals surface area contributed by atoms with Gasteiger partial charge in [-0.3, -0.25) is 0 Å². The monoisotopic (exact) mass is 378 g/mol. The molecule has 0 aromatic heterocycles. The lowest BCUT2D eigenvalue weighted by Crippen LogP contribution is -2.38. The molecule has 5 heteroatoms. The molecule has 138 valence electrons.